The molecule has 0 aliphatic heterocycles. The largest absolute Gasteiger partial charge is 0.329 e. The Morgan fingerprint density at radius 3 is 2.08 bits per heavy atom. The lowest BCUT2D eigenvalue weighted by molar-refractivity contribution is 0.310. The summed E-state index contributed by atoms with van der Waals surface area (Å²) < 4.78 is 0. The molecule has 0 rings (SSSR count). The normalized spacial score (nSPS) is 12.0. The van der Waals surface area contributed by atoms with Gasteiger partial charge in [-0.15, -0.1) is 0 Å². The fraction of sp³-hybridized carbons (Fsp3) is 1.00. The summed E-state index contributed by atoms with van der Waals surface area (Å²) >= 11 is 0. The Labute approximate surface area is 82.5 Å². The van der Waals surface area contributed by atoms with Crippen LogP contribution in [0.15, 0.2) is 0 Å². The molecule has 0 spiro atoms. The molecule has 4 N–H and O–H groups in total. The molecule has 0 aliphatic rings. The minimum absolute atomic E-state index is 0.162. The zero-order valence-corrected chi connectivity index (χ0v) is 9.32. The number of rotatable bonds is 8. The molecule has 0 aliphatic carbocycles. The van der Waals surface area contributed by atoms with Crippen molar-refractivity contribution in [2.75, 3.05) is 26.2 Å². The molecule has 0 amide bonds. The van der Waals surface area contributed by atoms with Crippen molar-refractivity contribution in [2.45, 2.75) is 39.2 Å². The molecule has 0 atom stereocenters. The Balaban J connectivity index is 3.68. The van der Waals surface area contributed by atoms with Crippen molar-refractivity contribution < 1.29 is 0 Å². The van der Waals surface area contributed by atoms with Gasteiger partial charge in [0.25, 0.3) is 0 Å². The van der Waals surface area contributed by atoms with E-state index in [0.717, 1.165) is 39.0 Å². The van der Waals surface area contributed by atoms with Crippen LogP contribution in [-0.2, 0) is 0 Å². The zero-order chi connectivity index (χ0) is 10.2. The molecule has 0 aromatic heterocycles. The molecule has 0 aromatic carbocycles. The van der Waals surface area contributed by atoms with Gasteiger partial charge in [0, 0.05) is 25.2 Å². The summed E-state index contributed by atoms with van der Waals surface area (Å²) in [5.41, 5.74) is 5.92. The molecule has 0 heterocycles. The van der Waals surface area contributed by atoms with Gasteiger partial charge >= 0.3 is 0 Å². The Morgan fingerprint density at radius 1 is 1.08 bits per heavy atom. The fourth-order valence-electron chi connectivity index (χ4n) is 1.45. The van der Waals surface area contributed by atoms with Crippen LogP contribution < -0.4 is 16.4 Å². The summed E-state index contributed by atoms with van der Waals surface area (Å²) in [6.45, 7) is 10.3. The molecule has 3 nitrogen and oxygen atoms in total. The third-order valence-corrected chi connectivity index (χ3v) is 2.80. The molecule has 13 heavy (non-hydrogen) atoms. The van der Waals surface area contributed by atoms with E-state index in [1.54, 1.807) is 0 Å². The van der Waals surface area contributed by atoms with Crippen LogP contribution in [0.5, 0.6) is 0 Å². The summed E-state index contributed by atoms with van der Waals surface area (Å²) in [6.07, 6.45) is 2.21. The van der Waals surface area contributed by atoms with E-state index in [1.165, 1.54) is 0 Å². The first-order valence-electron chi connectivity index (χ1n) is 5.40. The van der Waals surface area contributed by atoms with E-state index in [9.17, 15) is 0 Å². The third-order valence-electron chi connectivity index (χ3n) is 2.80. The molecule has 0 unspecified atom stereocenters. The van der Waals surface area contributed by atoms with E-state index in [2.05, 4.69) is 31.4 Å². The van der Waals surface area contributed by atoms with Crippen LogP contribution in [0.3, 0.4) is 0 Å². The van der Waals surface area contributed by atoms with Crippen LogP contribution in [0, 0.1) is 0 Å². The predicted molar refractivity (Wildman–Crippen MR) is 58.9 cm³/mol. The first-order chi connectivity index (χ1) is 6.24. The van der Waals surface area contributed by atoms with Crippen LogP contribution in [0.2, 0.25) is 0 Å². The van der Waals surface area contributed by atoms with Crippen molar-refractivity contribution in [3.63, 3.8) is 0 Å². The minimum Gasteiger partial charge on any atom is -0.329 e. The average Bonchev–Trinajstić information content (AvgIpc) is 2.20. The van der Waals surface area contributed by atoms with Crippen molar-refractivity contribution in [1.82, 2.24) is 10.6 Å². The van der Waals surface area contributed by atoms with Crippen LogP contribution in [0.4, 0.5) is 0 Å². The van der Waals surface area contributed by atoms with Crippen LogP contribution in [-0.4, -0.2) is 31.7 Å². The summed E-state index contributed by atoms with van der Waals surface area (Å²) in [4.78, 5) is 0. The predicted octanol–water partition coefficient (Wildman–Crippen LogP) is 0.703. The van der Waals surface area contributed by atoms with Crippen molar-refractivity contribution in [3.8, 4) is 0 Å². The first-order valence-corrected chi connectivity index (χ1v) is 5.40. The van der Waals surface area contributed by atoms with Crippen LogP contribution in [0.25, 0.3) is 0 Å². The van der Waals surface area contributed by atoms with E-state index in [4.69, 9.17) is 5.73 Å². The Kier molecular flexibility index (Phi) is 7.23. The number of nitrogens with two attached hydrogens (primary N) is 1. The highest BCUT2D eigenvalue weighted by Gasteiger charge is 2.22. The zero-order valence-electron chi connectivity index (χ0n) is 9.32. The van der Waals surface area contributed by atoms with Gasteiger partial charge in [0.05, 0.1) is 0 Å². The van der Waals surface area contributed by atoms with Gasteiger partial charge in [-0.1, -0.05) is 20.8 Å². The van der Waals surface area contributed by atoms with Crippen molar-refractivity contribution in [1.29, 1.82) is 0 Å². The van der Waals surface area contributed by atoms with Gasteiger partial charge in [-0.25, -0.2) is 0 Å². The lowest BCUT2D eigenvalue weighted by Crippen LogP contribution is -2.52. The maximum Gasteiger partial charge on any atom is 0.0299 e. The molecule has 80 valence electrons. The number of likely N-dealkylation sites (N-methyl/N-ethyl adjacent to an activating group) is 1. The topological polar surface area (TPSA) is 50.1 Å². The highest BCUT2D eigenvalue weighted by atomic mass is 15.0. The first kappa shape index (κ1) is 12.9. The van der Waals surface area contributed by atoms with Gasteiger partial charge in [0.15, 0.2) is 0 Å². The maximum atomic E-state index is 5.76. The smallest absolute Gasteiger partial charge is 0.0299 e. The van der Waals surface area contributed by atoms with E-state index in [0.29, 0.717) is 0 Å². The van der Waals surface area contributed by atoms with Gasteiger partial charge in [-0.05, 0) is 19.4 Å². The third kappa shape index (κ3) is 4.60. The molecule has 0 aromatic rings. The number of hydrogen-bond donors (Lipinski definition) is 3. The summed E-state index contributed by atoms with van der Waals surface area (Å²) in [6, 6.07) is 0. The second kappa shape index (κ2) is 7.30. The van der Waals surface area contributed by atoms with Crippen molar-refractivity contribution >= 4 is 0 Å². The summed E-state index contributed by atoms with van der Waals surface area (Å²) in [5, 5.41) is 6.82. The molecule has 0 fully saturated rings. The second-order valence-electron chi connectivity index (χ2n) is 3.47. The summed E-state index contributed by atoms with van der Waals surface area (Å²) in [7, 11) is 0. The monoisotopic (exact) mass is 187 g/mol. The van der Waals surface area contributed by atoms with E-state index in [1.807, 2.05) is 0 Å². The average molecular weight is 187 g/mol. The van der Waals surface area contributed by atoms with E-state index in [-0.39, 0.29) is 5.54 Å². The molecule has 0 radical (unpaired) electrons. The summed E-state index contributed by atoms with van der Waals surface area (Å²) in [5.74, 6) is 0. The van der Waals surface area contributed by atoms with Gasteiger partial charge in [-0.2, -0.15) is 0 Å². The quantitative estimate of drug-likeness (QED) is 0.490. The van der Waals surface area contributed by atoms with Gasteiger partial charge < -0.3 is 16.4 Å². The van der Waals surface area contributed by atoms with Gasteiger partial charge in [0.1, 0.15) is 0 Å². The molecule has 0 saturated carbocycles. The standard InChI is InChI=1S/C10H25N3/c1-4-10(5-2,9-11)13-8-7-12-6-3/h12-13H,4-9,11H2,1-3H3. The van der Waals surface area contributed by atoms with E-state index >= 15 is 0 Å². The fourth-order valence-corrected chi connectivity index (χ4v) is 1.45. The number of hydrogen-bond acceptors (Lipinski definition) is 3. The Bertz CT molecular complexity index is 102. The van der Waals surface area contributed by atoms with E-state index < -0.39 is 0 Å². The Morgan fingerprint density at radius 2 is 1.69 bits per heavy atom. The highest BCUT2D eigenvalue weighted by Crippen LogP contribution is 2.12. The van der Waals surface area contributed by atoms with Crippen LogP contribution in [0.1, 0.15) is 33.6 Å². The highest BCUT2D eigenvalue weighted by molar-refractivity contribution is 4.86. The molecular formula is C10H25N3. The molecular weight excluding hydrogens is 162 g/mol. The molecule has 0 saturated heterocycles. The second-order valence-corrected chi connectivity index (χ2v) is 3.47. The van der Waals surface area contributed by atoms with Crippen molar-refractivity contribution in [3.05, 3.63) is 0 Å². The van der Waals surface area contributed by atoms with Crippen LogP contribution >= 0.6 is 0 Å². The maximum absolute atomic E-state index is 5.76. The number of nitrogens with one attached hydrogen (secondary N) is 2. The lowest BCUT2D eigenvalue weighted by atomic mass is 9.93. The minimum atomic E-state index is 0.162. The van der Waals surface area contributed by atoms with Gasteiger partial charge in [0.2, 0.25) is 0 Å². The SMILES string of the molecule is CCNCCNC(CC)(CC)CN. The van der Waals surface area contributed by atoms with Gasteiger partial charge in [-0.3, -0.25) is 0 Å². The lowest BCUT2D eigenvalue weighted by Gasteiger charge is -2.31. The Hall–Kier alpha value is -0.120. The molecule has 0 bridgehead atoms. The molecule has 3 heteroatoms. The van der Waals surface area contributed by atoms with Crippen molar-refractivity contribution in [2.24, 2.45) is 5.73 Å².